The molecule has 104 valence electrons. The Balaban J connectivity index is 1.45. The Morgan fingerprint density at radius 3 is 3.00 bits per heavy atom. The third-order valence-electron chi connectivity index (χ3n) is 4.08. The van der Waals surface area contributed by atoms with E-state index >= 15 is 0 Å². The van der Waals surface area contributed by atoms with Crippen LogP contribution in [0.25, 0.3) is 0 Å². The second-order valence-corrected chi connectivity index (χ2v) is 6.52. The number of aromatic nitrogens is 3. The second-order valence-electron chi connectivity index (χ2n) is 5.57. The Bertz CT molecular complexity index is 617. The summed E-state index contributed by atoms with van der Waals surface area (Å²) in [6, 6.07) is 4.09. The quantitative estimate of drug-likeness (QED) is 0.871. The number of carbonyl (C=O) groups excluding carboxylic acids is 1. The number of likely N-dealkylation sites (tertiary alicyclic amines) is 1. The largest absolute Gasteiger partial charge is 0.336 e. The molecule has 4 rings (SSSR count). The number of thiophene rings is 1. The minimum atomic E-state index is 0.144. The van der Waals surface area contributed by atoms with Crippen molar-refractivity contribution in [2.24, 2.45) is 0 Å². The fourth-order valence-electron chi connectivity index (χ4n) is 2.73. The Hall–Kier alpha value is -1.69. The van der Waals surface area contributed by atoms with E-state index in [1.54, 1.807) is 0 Å². The highest BCUT2D eigenvalue weighted by Gasteiger charge is 2.31. The highest BCUT2D eigenvalue weighted by Crippen LogP contribution is 2.39. The first kappa shape index (κ1) is 12.1. The van der Waals surface area contributed by atoms with E-state index in [2.05, 4.69) is 16.5 Å². The fraction of sp³-hybridized carbons (Fsp3) is 0.500. The molecule has 3 heterocycles. The Morgan fingerprint density at radius 1 is 1.35 bits per heavy atom. The SMILES string of the molecule is O=C(c1cccs1)N1CC[C@@H](n2cc(C3CC3)nn2)C1. The van der Waals surface area contributed by atoms with Gasteiger partial charge < -0.3 is 4.90 Å². The Kier molecular flexibility index (Phi) is 2.84. The number of rotatable bonds is 3. The van der Waals surface area contributed by atoms with E-state index in [1.165, 1.54) is 24.2 Å². The molecule has 0 unspecified atom stereocenters. The normalized spacial score (nSPS) is 22.4. The highest BCUT2D eigenvalue weighted by molar-refractivity contribution is 7.12. The van der Waals surface area contributed by atoms with Crippen LogP contribution in [0, 0.1) is 0 Å². The number of hydrogen-bond acceptors (Lipinski definition) is 4. The number of amides is 1. The first-order valence-electron chi connectivity index (χ1n) is 7.06. The van der Waals surface area contributed by atoms with Gasteiger partial charge in [0.25, 0.3) is 5.91 Å². The summed E-state index contributed by atoms with van der Waals surface area (Å²) in [6.07, 6.45) is 5.52. The number of carbonyl (C=O) groups is 1. The van der Waals surface area contributed by atoms with E-state index in [0.717, 1.165) is 30.1 Å². The van der Waals surface area contributed by atoms with E-state index in [1.807, 2.05) is 27.1 Å². The van der Waals surface area contributed by atoms with Crippen LogP contribution in [0.4, 0.5) is 0 Å². The van der Waals surface area contributed by atoms with Crippen molar-refractivity contribution in [3.8, 4) is 0 Å². The lowest BCUT2D eigenvalue weighted by atomic mass is 10.2. The zero-order chi connectivity index (χ0) is 13.5. The van der Waals surface area contributed by atoms with Crippen LogP contribution < -0.4 is 0 Å². The zero-order valence-corrected chi connectivity index (χ0v) is 11.9. The molecule has 6 heteroatoms. The van der Waals surface area contributed by atoms with E-state index < -0.39 is 0 Å². The number of hydrogen-bond donors (Lipinski definition) is 0. The average Bonchev–Trinajstić information content (AvgIpc) is 2.98. The average molecular weight is 288 g/mol. The summed E-state index contributed by atoms with van der Waals surface area (Å²) in [7, 11) is 0. The lowest BCUT2D eigenvalue weighted by molar-refractivity contribution is 0.0791. The van der Waals surface area contributed by atoms with Crippen LogP contribution >= 0.6 is 11.3 Å². The van der Waals surface area contributed by atoms with Gasteiger partial charge >= 0.3 is 0 Å². The molecule has 1 saturated carbocycles. The molecule has 5 nitrogen and oxygen atoms in total. The van der Waals surface area contributed by atoms with Crippen molar-refractivity contribution in [2.75, 3.05) is 13.1 Å². The lowest BCUT2D eigenvalue weighted by Crippen LogP contribution is -2.28. The summed E-state index contributed by atoms with van der Waals surface area (Å²) < 4.78 is 1.95. The minimum Gasteiger partial charge on any atom is -0.336 e. The van der Waals surface area contributed by atoms with Crippen molar-refractivity contribution in [2.45, 2.75) is 31.2 Å². The zero-order valence-electron chi connectivity index (χ0n) is 11.1. The first-order valence-corrected chi connectivity index (χ1v) is 7.94. The van der Waals surface area contributed by atoms with Crippen molar-refractivity contribution in [3.63, 3.8) is 0 Å². The van der Waals surface area contributed by atoms with Crippen molar-refractivity contribution in [1.29, 1.82) is 0 Å². The highest BCUT2D eigenvalue weighted by atomic mass is 32.1. The molecule has 1 aliphatic heterocycles. The molecule has 1 aliphatic carbocycles. The van der Waals surface area contributed by atoms with E-state index in [4.69, 9.17) is 0 Å². The third-order valence-corrected chi connectivity index (χ3v) is 4.94. The van der Waals surface area contributed by atoms with Crippen LogP contribution in [-0.2, 0) is 0 Å². The summed E-state index contributed by atoms with van der Waals surface area (Å²) in [5, 5.41) is 10.4. The van der Waals surface area contributed by atoms with Gasteiger partial charge in [0, 0.05) is 25.2 Å². The minimum absolute atomic E-state index is 0.144. The van der Waals surface area contributed by atoms with Gasteiger partial charge in [-0.05, 0) is 30.7 Å². The van der Waals surface area contributed by atoms with Crippen LogP contribution in [0.5, 0.6) is 0 Å². The predicted octanol–water partition coefficient (Wildman–Crippen LogP) is 2.30. The van der Waals surface area contributed by atoms with Gasteiger partial charge in [0.2, 0.25) is 0 Å². The maximum Gasteiger partial charge on any atom is 0.263 e. The van der Waals surface area contributed by atoms with Gasteiger partial charge in [0.05, 0.1) is 16.6 Å². The molecule has 2 aliphatic rings. The maximum absolute atomic E-state index is 12.3. The summed E-state index contributed by atoms with van der Waals surface area (Å²) >= 11 is 1.51. The maximum atomic E-state index is 12.3. The predicted molar refractivity (Wildman–Crippen MR) is 75.9 cm³/mol. The smallest absolute Gasteiger partial charge is 0.263 e. The molecule has 2 aromatic rings. The van der Waals surface area contributed by atoms with Crippen molar-refractivity contribution >= 4 is 17.2 Å². The van der Waals surface area contributed by atoms with Gasteiger partial charge in [-0.1, -0.05) is 11.3 Å². The van der Waals surface area contributed by atoms with E-state index in [-0.39, 0.29) is 11.9 Å². The Labute approximate surface area is 121 Å². The molecule has 2 aromatic heterocycles. The molecule has 1 amide bonds. The first-order chi connectivity index (χ1) is 9.81. The molecule has 2 fully saturated rings. The van der Waals surface area contributed by atoms with Gasteiger partial charge in [-0.25, -0.2) is 4.68 Å². The summed E-state index contributed by atoms with van der Waals surface area (Å²) in [5.41, 5.74) is 1.12. The van der Waals surface area contributed by atoms with Gasteiger partial charge in [-0.15, -0.1) is 16.4 Å². The molecular formula is C14H16N4OS. The fourth-order valence-corrected chi connectivity index (χ4v) is 3.42. The van der Waals surface area contributed by atoms with Gasteiger partial charge in [0.15, 0.2) is 0 Å². The summed E-state index contributed by atoms with van der Waals surface area (Å²) in [6.45, 7) is 1.55. The molecular weight excluding hydrogens is 272 g/mol. The van der Waals surface area contributed by atoms with Gasteiger partial charge in [-0.3, -0.25) is 4.79 Å². The second kappa shape index (κ2) is 4.70. The molecule has 0 N–H and O–H groups in total. The van der Waals surface area contributed by atoms with E-state index in [0.29, 0.717) is 5.92 Å². The van der Waals surface area contributed by atoms with Crippen molar-refractivity contribution in [3.05, 3.63) is 34.3 Å². The van der Waals surface area contributed by atoms with Crippen molar-refractivity contribution < 1.29 is 4.79 Å². The number of nitrogens with zero attached hydrogens (tertiary/aromatic N) is 4. The van der Waals surface area contributed by atoms with Gasteiger partial charge in [0.1, 0.15) is 0 Å². The molecule has 1 atom stereocenters. The van der Waals surface area contributed by atoms with Crippen LogP contribution in [0.3, 0.4) is 0 Å². The molecule has 0 bridgehead atoms. The Morgan fingerprint density at radius 2 is 2.25 bits per heavy atom. The summed E-state index contributed by atoms with van der Waals surface area (Å²) in [4.78, 5) is 15.0. The van der Waals surface area contributed by atoms with Gasteiger partial charge in [-0.2, -0.15) is 0 Å². The monoisotopic (exact) mass is 288 g/mol. The standard InChI is InChI=1S/C14H16N4OS/c19-14(13-2-1-7-20-13)17-6-5-11(8-17)18-9-12(15-16-18)10-3-4-10/h1-2,7,9-11H,3-6,8H2/t11-/m1/s1. The third kappa shape index (κ3) is 2.14. The molecule has 0 radical (unpaired) electrons. The van der Waals surface area contributed by atoms with Crippen LogP contribution in [-0.4, -0.2) is 38.9 Å². The summed E-state index contributed by atoms with van der Waals surface area (Å²) in [5.74, 6) is 0.777. The molecule has 0 aromatic carbocycles. The topological polar surface area (TPSA) is 51.0 Å². The van der Waals surface area contributed by atoms with Crippen LogP contribution in [0.1, 0.15) is 46.6 Å². The van der Waals surface area contributed by atoms with Crippen LogP contribution in [0.15, 0.2) is 23.7 Å². The van der Waals surface area contributed by atoms with E-state index in [9.17, 15) is 4.79 Å². The van der Waals surface area contributed by atoms with Crippen LogP contribution in [0.2, 0.25) is 0 Å². The van der Waals surface area contributed by atoms with Crippen molar-refractivity contribution in [1.82, 2.24) is 19.9 Å². The molecule has 20 heavy (non-hydrogen) atoms. The lowest BCUT2D eigenvalue weighted by Gasteiger charge is -2.15. The molecule has 1 saturated heterocycles. The molecule has 0 spiro atoms.